The maximum absolute atomic E-state index is 12.1. The Bertz CT molecular complexity index is 450. The zero-order valence-electron chi connectivity index (χ0n) is 11.7. The van der Waals surface area contributed by atoms with Crippen molar-refractivity contribution in [1.29, 1.82) is 5.26 Å². The molecule has 114 valence electrons. The number of rotatable bonds is 7. The third-order valence-corrected chi connectivity index (χ3v) is 5.23. The lowest BCUT2D eigenvalue weighted by molar-refractivity contribution is -0.140. The van der Waals surface area contributed by atoms with Gasteiger partial charge in [0.25, 0.3) is 0 Å². The number of hydrogen-bond donors (Lipinski definition) is 0. The van der Waals surface area contributed by atoms with Crippen molar-refractivity contribution in [3.63, 3.8) is 0 Å². The number of carbonyl (C=O) groups is 1. The summed E-state index contributed by atoms with van der Waals surface area (Å²) in [5.74, 6) is -0.415. The van der Waals surface area contributed by atoms with Gasteiger partial charge in [0.1, 0.15) is 0 Å². The minimum Gasteiger partial charge on any atom is -0.469 e. The molecule has 1 aliphatic heterocycles. The van der Waals surface area contributed by atoms with Crippen LogP contribution >= 0.6 is 0 Å². The van der Waals surface area contributed by atoms with Crippen LogP contribution in [0.2, 0.25) is 0 Å². The summed E-state index contributed by atoms with van der Waals surface area (Å²) in [5, 5.41) is 8.52. The van der Waals surface area contributed by atoms with Crippen LogP contribution < -0.4 is 0 Å². The highest BCUT2D eigenvalue weighted by molar-refractivity contribution is 7.89. The number of nitriles is 1. The van der Waals surface area contributed by atoms with Gasteiger partial charge >= 0.3 is 5.97 Å². The Hall–Kier alpha value is -1.17. The predicted octanol–water partition coefficient (Wildman–Crippen LogP) is -0.199. The maximum atomic E-state index is 12.1. The van der Waals surface area contributed by atoms with Crippen molar-refractivity contribution in [2.45, 2.75) is 19.3 Å². The van der Waals surface area contributed by atoms with E-state index in [2.05, 4.69) is 15.7 Å². The number of piperazine rings is 1. The first-order valence-corrected chi connectivity index (χ1v) is 8.24. The van der Waals surface area contributed by atoms with E-state index in [9.17, 15) is 13.2 Å². The molecule has 0 spiro atoms. The summed E-state index contributed by atoms with van der Waals surface area (Å²) in [4.78, 5) is 13.0. The number of methoxy groups -OCH3 is 1. The molecule has 20 heavy (non-hydrogen) atoms. The number of hydrogen-bond acceptors (Lipinski definition) is 6. The molecule has 0 radical (unpaired) electrons. The van der Waals surface area contributed by atoms with Crippen molar-refractivity contribution >= 4 is 16.0 Å². The maximum Gasteiger partial charge on any atom is 0.305 e. The molecule has 0 amide bonds. The monoisotopic (exact) mass is 303 g/mol. The van der Waals surface area contributed by atoms with Crippen LogP contribution in [0.15, 0.2) is 0 Å². The number of sulfonamides is 1. The third-order valence-electron chi connectivity index (χ3n) is 3.28. The molecule has 1 fully saturated rings. The molecule has 7 nitrogen and oxygen atoms in total. The fraction of sp³-hybridized carbons (Fsp3) is 0.833. The van der Waals surface area contributed by atoms with Crippen LogP contribution in [0.4, 0.5) is 0 Å². The molecular formula is C12H21N3O4S. The molecule has 0 saturated carbocycles. The van der Waals surface area contributed by atoms with Gasteiger partial charge in [-0.05, 0) is 6.42 Å². The molecule has 0 aromatic carbocycles. The lowest BCUT2D eigenvalue weighted by atomic mass is 10.3. The van der Waals surface area contributed by atoms with Crippen LogP contribution in [0.3, 0.4) is 0 Å². The van der Waals surface area contributed by atoms with Crippen LogP contribution in [0.25, 0.3) is 0 Å². The fourth-order valence-electron chi connectivity index (χ4n) is 2.07. The molecule has 1 aliphatic rings. The van der Waals surface area contributed by atoms with Gasteiger partial charge in [-0.3, -0.25) is 9.69 Å². The zero-order chi connectivity index (χ0) is 15.0. The minimum atomic E-state index is -3.30. The Morgan fingerprint density at radius 3 is 2.50 bits per heavy atom. The van der Waals surface area contributed by atoms with E-state index < -0.39 is 10.0 Å². The molecule has 0 unspecified atom stereocenters. The summed E-state index contributed by atoms with van der Waals surface area (Å²) in [7, 11) is -2.01. The van der Waals surface area contributed by atoms with Crippen molar-refractivity contribution in [3.8, 4) is 6.07 Å². The van der Waals surface area contributed by atoms with Crippen molar-refractivity contribution < 1.29 is 17.9 Å². The van der Waals surface area contributed by atoms with E-state index in [0.717, 1.165) is 0 Å². The number of carbonyl (C=O) groups excluding carboxylic acids is 1. The molecule has 8 heteroatoms. The average Bonchev–Trinajstić information content (AvgIpc) is 2.45. The summed E-state index contributed by atoms with van der Waals surface area (Å²) in [6, 6.07) is 2.08. The Labute approximate surface area is 120 Å². The smallest absolute Gasteiger partial charge is 0.305 e. The predicted molar refractivity (Wildman–Crippen MR) is 73.3 cm³/mol. The Morgan fingerprint density at radius 2 is 1.95 bits per heavy atom. The molecular weight excluding hydrogens is 282 g/mol. The molecule has 0 aromatic rings. The van der Waals surface area contributed by atoms with Gasteiger partial charge in [0.05, 0.1) is 18.9 Å². The number of ether oxygens (including phenoxy) is 1. The van der Waals surface area contributed by atoms with Gasteiger partial charge in [-0.2, -0.15) is 9.57 Å². The highest BCUT2D eigenvalue weighted by atomic mass is 32.2. The van der Waals surface area contributed by atoms with Gasteiger partial charge in [-0.15, -0.1) is 0 Å². The third kappa shape index (κ3) is 5.45. The van der Waals surface area contributed by atoms with Gasteiger partial charge in [-0.1, -0.05) is 0 Å². The second kappa shape index (κ2) is 8.19. The van der Waals surface area contributed by atoms with Crippen LogP contribution in [0.1, 0.15) is 19.3 Å². The molecule has 0 atom stereocenters. The van der Waals surface area contributed by atoms with Gasteiger partial charge in [-0.25, -0.2) is 8.42 Å². The second-order valence-corrected chi connectivity index (χ2v) is 6.73. The van der Waals surface area contributed by atoms with E-state index in [-0.39, 0.29) is 24.6 Å². The lowest BCUT2D eigenvalue weighted by Gasteiger charge is -2.33. The minimum absolute atomic E-state index is 0.0275. The summed E-state index contributed by atoms with van der Waals surface area (Å²) in [5.41, 5.74) is 0. The fourth-order valence-corrected chi connectivity index (χ4v) is 3.56. The first-order chi connectivity index (χ1) is 9.49. The zero-order valence-corrected chi connectivity index (χ0v) is 12.6. The summed E-state index contributed by atoms with van der Waals surface area (Å²) in [6.45, 7) is 2.89. The lowest BCUT2D eigenvalue weighted by Crippen LogP contribution is -2.49. The largest absolute Gasteiger partial charge is 0.469 e. The number of nitrogens with zero attached hydrogens (tertiary/aromatic N) is 3. The highest BCUT2D eigenvalue weighted by Gasteiger charge is 2.26. The first kappa shape index (κ1) is 16.9. The van der Waals surface area contributed by atoms with Gasteiger partial charge in [0, 0.05) is 45.6 Å². The topological polar surface area (TPSA) is 90.7 Å². The van der Waals surface area contributed by atoms with E-state index in [4.69, 9.17) is 5.26 Å². The summed E-state index contributed by atoms with van der Waals surface area (Å²) < 4.78 is 30.1. The van der Waals surface area contributed by atoms with E-state index >= 15 is 0 Å². The summed E-state index contributed by atoms with van der Waals surface area (Å²) in [6.07, 6.45) is 0.868. The molecule has 0 aliphatic carbocycles. The standard InChI is InChI=1S/C12H21N3O4S/c1-19-12(16)4-2-11-20(17,18)15-9-7-14(8-10-15)6-3-5-13/h2-4,6-11H2,1H3. The molecule has 1 rings (SSSR count). The first-order valence-electron chi connectivity index (χ1n) is 6.63. The second-order valence-electron chi connectivity index (χ2n) is 4.64. The Balaban J connectivity index is 2.35. The van der Waals surface area contributed by atoms with Crippen molar-refractivity contribution in [2.75, 3.05) is 45.6 Å². The van der Waals surface area contributed by atoms with Crippen molar-refractivity contribution in [1.82, 2.24) is 9.21 Å². The van der Waals surface area contributed by atoms with E-state index in [1.54, 1.807) is 0 Å². The van der Waals surface area contributed by atoms with E-state index in [1.807, 2.05) is 0 Å². The van der Waals surface area contributed by atoms with Crippen LogP contribution in [-0.2, 0) is 19.6 Å². The van der Waals surface area contributed by atoms with E-state index in [1.165, 1.54) is 11.4 Å². The summed E-state index contributed by atoms with van der Waals surface area (Å²) >= 11 is 0. The normalized spacial score (nSPS) is 17.6. The SMILES string of the molecule is COC(=O)CCCS(=O)(=O)N1CCN(CCC#N)CC1. The average molecular weight is 303 g/mol. The number of esters is 1. The molecule has 1 heterocycles. The molecule has 0 N–H and O–H groups in total. The van der Waals surface area contributed by atoms with Gasteiger partial charge in [0.2, 0.25) is 10.0 Å². The van der Waals surface area contributed by atoms with Gasteiger partial charge < -0.3 is 4.74 Å². The Morgan fingerprint density at radius 1 is 1.30 bits per heavy atom. The van der Waals surface area contributed by atoms with Crippen LogP contribution in [0.5, 0.6) is 0 Å². The van der Waals surface area contributed by atoms with Crippen LogP contribution in [-0.4, -0.2) is 69.2 Å². The molecule has 1 saturated heterocycles. The van der Waals surface area contributed by atoms with Crippen molar-refractivity contribution in [3.05, 3.63) is 0 Å². The highest BCUT2D eigenvalue weighted by Crippen LogP contribution is 2.10. The van der Waals surface area contributed by atoms with E-state index in [0.29, 0.717) is 39.1 Å². The Kier molecular flexibility index (Phi) is 6.91. The van der Waals surface area contributed by atoms with Crippen molar-refractivity contribution in [2.24, 2.45) is 0 Å². The molecule has 0 aromatic heterocycles. The van der Waals surface area contributed by atoms with Gasteiger partial charge in [0.15, 0.2) is 0 Å². The quantitative estimate of drug-likeness (QED) is 0.605. The molecule has 0 bridgehead atoms. The van der Waals surface area contributed by atoms with Crippen LogP contribution in [0, 0.1) is 11.3 Å².